The minimum absolute atomic E-state index is 0.542. The van der Waals surface area contributed by atoms with E-state index in [0.29, 0.717) is 0 Å². The Hall–Kier alpha value is -2.22. The highest BCUT2D eigenvalue weighted by atomic mass is 31.1. The number of ether oxygens (including phenoxy) is 1. The monoisotopic (exact) mass is 384 g/mol. The molecule has 0 radical (unpaired) electrons. The molecule has 27 heavy (non-hydrogen) atoms. The Morgan fingerprint density at radius 2 is 2.04 bits per heavy atom. The van der Waals surface area contributed by atoms with E-state index in [4.69, 9.17) is 9.72 Å². The van der Waals surface area contributed by atoms with E-state index in [9.17, 15) is 5.26 Å². The lowest BCUT2D eigenvalue weighted by Gasteiger charge is -2.30. The van der Waals surface area contributed by atoms with Crippen LogP contribution in [0.5, 0.6) is 0 Å². The Morgan fingerprint density at radius 3 is 2.63 bits per heavy atom. The summed E-state index contributed by atoms with van der Waals surface area (Å²) in [6, 6.07) is 6.53. The van der Waals surface area contributed by atoms with Crippen LogP contribution >= 0.6 is 7.55 Å². The highest BCUT2D eigenvalue weighted by molar-refractivity contribution is 7.74. The van der Waals surface area contributed by atoms with Crippen LogP contribution in [0.4, 0.5) is 5.82 Å². The van der Waals surface area contributed by atoms with Crippen molar-refractivity contribution < 1.29 is 4.74 Å². The van der Waals surface area contributed by atoms with Crippen molar-refractivity contribution >= 4 is 30.0 Å². The first-order valence-electron chi connectivity index (χ1n) is 9.44. The molecule has 1 saturated heterocycles. The fraction of sp³-hybridized carbons (Fsp3) is 0.500. The van der Waals surface area contributed by atoms with Gasteiger partial charge >= 0.3 is 0 Å². The SMILES string of the molecule is CC(C)(C#N)c1cc(N2CCOCC2)nc2c1C=[P+]2c1ccn[nH]1.CCC. The number of morpholine rings is 1. The maximum absolute atomic E-state index is 9.61. The van der Waals surface area contributed by atoms with E-state index in [1.165, 1.54) is 6.42 Å². The number of nitrogens with one attached hydrogen (secondary N) is 1. The van der Waals surface area contributed by atoms with Crippen LogP contribution in [0, 0.1) is 11.3 Å². The fourth-order valence-electron chi connectivity index (χ4n) is 3.06. The molecule has 0 amide bonds. The van der Waals surface area contributed by atoms with Crippen molar-refractivity contribution in [2.45, 2.75) is 39.5 Å². The van der Waals surface area contributed by atoms with Crippen molar-refractivity contribution in [1.82, 2.24) is 15.2 Å². The zero-order chi connectivity index (χ0) is 19.4. The largest absolute Gasteiger partial charge is 0.378 e. The summed E-state index contributed by atoms with van der Waals surface area (Å²) in [5.74, 6) is 3.19. The van der Waals surface area contributed by atoms with Gasteiger partial charge in [-0.1, -0.05) is 20.3 Å². The summed E-state index contributed by atoms with van der Waals surface area (Å²) in [4.78, 5) is 7.19. The number of aromatic nitrogens is 3. The number of rotatable bonds is 3. The number of pyridine rings is 1. The average molecular weight is 384 g/mol. The molecule has 2 aliphatic rings. The summed E-state index contributed by atoms with van der Waals surface area (Å²) < 4.78 is 5.45. The molecule has 0 spiro atoms. The molecule has 1 N–H and O–H groups in total. The summed E-state index contributed by atoms with van der Waals surface area (Å²) in [7, 11) is -0.599. The minimum Gasteiger partial charge on any atom is -0.378 e. The standard InChI is InChI=1S/C17H19N5OP.C3H8/c1-17(2,11-18)13-9-14(22-5-7-23-8-6-22)20-16-12(13)10-24(16)15-3-4-19-21-15;1-3-2/h3-4,9-10H,5-8H2,1-2H3,(H,19,21);3H2,1-2H3/q+1;. The van der Waals surface area contributed by atoms with Gasteiger partial charge in [0.25, 0.3) is 5.44 Å². The van der Waals surface area contributed by atoms with Crippen LogP contribution in [0.3, 0.4) is 0 Å². The molecule has 0 saturated carbocycles. The van der Waals surface area contributed by atoms with Gasteiger partial charge in [0, 0.05) is 19.2 Å². The van der Waals surface area contributed by atoms with Gasteiger partial charge in [-0.25, -0.2) is 5.10 Å². The van der Waals surface area contributed by atoms with Gasteiger partial charge in [0.05, 0.1) is 36.5 Å². The van der Waals surface area contributed by atoms with E-state index >= 15 is 0 Å². The number of nitrogens with zero attached hydrogens (tertiary/aromatic N) is 4. The quantitative estimate of drug-likeness (QED) is 0.702. The number of hydrogen-bond donors (Lipinski definition) is 1. The van der Waals surface area contributed by atoms with Crippen molar-refractivity contribution in [2.75, 3.05) is 31.2 Å². The van der Waals surface area contributed by atoms with Crippen LogP contribution < -0.4 is 15.8 Å². The summed E-state index contributed by atoms with van der Waals surface area (Å²) in [6.45, 7) is 11.3. The second-order valence-corrected chi connectivity index (χ2v) is 9.15. The van der Waals surface area contributed by atoms with Crippen LogP contribution in [0.25, 0.3) is 0 Å². The first-order chi connectivity index (χ1) is 13.0. The normalized spacial score (nSPS) is 17.0. The molecule has 4 heterocycles. The molecular formula is C20H27N5OP+. The van der Waals surface area contributed by atoms with Gasteiger partial charge < -0.3 is 9.64 Å². The van der Waals surface area contributed by atoms with Gasteiger partial charge in [0.1, 0.15) is 11.6 Å². The number of hydrogen-bond acceptors (Lipinski definition) is 5. The lowest BCUT2D eigenvalue weighted by Crippen LogP contribution is -2.39. The second kappa shape index (κ2) is 8.21. The fourth-order valence-corrected chi connectivity index (χ4v) is 4.91. The predicted octanol–water partition coefficient (Wildman–Crippen LogP) is 2.46. The van der Waals surface area contributed by atoms with Gasteiger partial charge in [-0.15, -0.1) is 0 Å². The third kappa shape index (κ3) is 3.90. The summed E-state index contributed by atoms with van der Waals surface area (Å²) in [5.41, 5.74) is 3.84. The number of H-pyrrole nitrogens is 1. The lowest BCUT2D eigenvalue weighted by molar-refractivity contribution is 0.122. The van der Waals surface area contributed by atoms with E-state index in [-0.39, 0.29) is 0 Å². The van der Waals surface area contributed by atoms with Crippen molar-refractivity contribution in [3.63, 3.8) is 0 Å². The lowest BCUT2D eigenvalue weighted by atomic mass is 9.84. The molecule has 1 unspecified atom stereocenters. The number of aromatic amines is 1. The maximum Gasteiger partial charge on any atom is 0.259 e. The molecule has 0 aliphatic carbocycles. The number of fused-ring (bicyclic) bond motifs is 1. The van der Waals surface area contributed by atoms with Crippen LogP contribution in [0.1, 0.15) is 45.2 Å². The van der Waals surface area contributed by atoms with Gasteiger partial charge in [0.15, 0.2) is 0 Å². The van der Waals surface area contributed by atoms with E-state index in [0.717, 1.165) is 54.1 Å². The van der Waals surface area contributed by atoms with Crippen LogP contribution in [-0.2, 0) is 10.2 Å². The molecule has 6 nitrogen and oxygen atoms in total. The number of anilines is 1. The zero-order valence-electron chi connectivity index (χ0n) is 16.5. The molecule has 2 aliphatic heterocycles. The van der Waals surface area contributed by atoms with Crippen molar-refractivity contribution in [2.24, 2.45) is 0 Å². The van der Waals surface area contributed by atoms with Gasteiger partial charge in [-0.3, -0.25) is 0 Å². The molecule has 0 bridgehead atoms. The second-order valence-electron chi connectivity index (χ2n) is 7.25. The molecule has 2 aromatic heterocycles. The molecule has 1 atom stereocenters. The van der Waals surface area contributed by atoms with Crippen LogP contribution in [0.2, 0.25) is 0 Å². The van der Waals surface area contributed by atoms with Crippen molar-refractivity contribution in [3.8, 4) is 6.07 Å². The van der Waals surface area contributed by atoms with Crippen LogP contribution in [0.15, 0.2) is 18.3 Å². The Labute approximate surface area is 162 Å². The molecule has 1 fully saturated rings. The van der Waals surface area contributed by atoms with Crippen LogP contribution in [-0.4, -0.2) is 47.3 Å². The number of nitriles is 1. The highest BCUT2D eigenvalue weighted by Crippen LogP contribution is 2.38. The highest BCUT2D eigenvalue weighted by Gasteiger charge is 2.41. The van der Waals surface area contributed by atoms with Gasteiger partial charge in [-0.2, -0.15) is 15.3 Å². The summed E-state index contributed by atoms with van der Waals surface area (Å²) in [6.07, 6.45) is 3.02. The average Bonchev–Trinajstić information content (AvgIpc) is 3.18. The third-order valence-corrected chi connectivity index (χ3v) is 6.63. The van der Waals surface area contributed by atoms with E-state index in [1.807, 2.05) is 19.9 Å². The smallest absolute Gasteiger partial charge is 0.259 e. The molecule has 2 aromatic rings. The Morgan fingerprint density at radius 1 is 1.33 bits per heavy atom. The van der Waals surface area contributed by atoms with E-state index < -0.39 is 13.0 Å². The Bertz CT molecular complexity index is 861. The topological polar surface area (TPSA) is 77.8 Å². The summed E-state index contributed by atoms with van der Waals surface area (Å²) >= 11 is 0. The zero-order valence-corrected chi connectivity index (χ0v) is 17.4. The molecule has 142 valence electrons. The predicted molar refractivity (Wildman–Crippen MR) is 112 cm³/mol. The van der Waals surface area contributed by atoms with E-state index in [2.05, 4.69) is 46.9 Å². The third-order valence-electron chi connectivity index (χ3n) is 4.54. The Balaban J connectivity index is 0.000000659. The van der Waals surface area contributed by atoms with Crippen molar-refractivity contribution in [3.05, 3.63) is 29.5 Å². The van der Waals surface area contributed by atoms with E-state index in [1.54, 1.807) is 6.20 Å². The molecule has 0 aromatic carbocycles. The van der Waals surface area contributed by atoms with Crippen molar-refractivity contribution in [1.29, 1.82) is 5.26 Å². The first kappa shape index (κ1) is 19.5. The minimum atomic E-state index is -0.599. The Kier molecular flexibility index (Phi) is 5.94. The van der Waals surface area contributed by atoms with Gasteiger partial charge in [0.2, 0.25) is 13.0 Å². The molecule has 4 rings (SSSR count). The molecule has 7 heteroatoms. The summed E-state index contributed by atoms with van der Waals surface area (Å²) in [5, 5.41) is 16.7. The maximum atomic E-state index is 9.61. The van der Waals surface area contributed by atoms with Gasteiger partial charge in [-0.05, 0) is 25.5 Å². The molecular weight excluding hydrogens is 357 g/mol. The first-order valence-corrected chi connectivity index (χ1v) is 10.9.